The van der Waals surface area contributed by atoms with Gasteiger partial charge in [-0.25, -0.2) is 4.79 Å². The van der Waals surface area contributed by atoms with Gasteiger partial charge in [0, 0.05) is 17.1 Å². The predicted molar refractivity (Wildman–Crippen MR) is 101 cm³/mol. The molecule has 1 heterocycles. The lowest BCUT2D eigenvalue weighted by Crippen LogP contribution is -2.33. The van der Waals surface area contributed by atoms with Gasteiger partial charge in [-0.3, -0.25) is 4.79 Å². The summed E-state index contributed by atoms with van der Waals surface area (Å²) in [5, 5.41) is 3.34. The molecule has 1 amide bonds. The number of carbonyl (C=O) groups excluding carboxylic acids is 2. The van der Waals surface area contributed by atoms with Crippen LogP contribution in [0.25, 0.3) is 0 Å². The highest BCUT2D eigenvalue weighted by molar-refractivity contribution is 6.30. The Bertz CT molecular complexity index is 876. The largest absolute Gasteiger partial charge is 0.457 e. The van der Waals surface area contributed by atoms with Crippen LogP contribution in [0.5, 0.6) is 0 Å². The average molecular weight is 384 g/mol. The highest BCUT2D eigenvalue weighted by Crippen LogP contribution is 2.22. The van der Waals surface area contributed by atoms with Crippen molar-refractivity contribution in [2.75, 3.05) is 6.54 Å². The quantitative estimate of drug-likeness (QED) is 0.621. The number of rotatable bonds is 7. The van der Waals surface area contributed by atoms with E-state index in [0.717, 1.165) is 5.56 Å². The molecule has 0 saturated carbocycles. The topological polar surface area (TPSA) is 68.5 Å². The summed E-state index contributed by atoms with van der Waals surface area (Å²) in [6, 6.07) is 19.4. The van der Waals surface area contributed by atoms with Crippen LogP contribution in [0.2, 0.25) is 5.02 Å². The van der Waals surface area contributed by atoms with Gasteiger partial charge in [-0.2, -0.15) is 0 Å². The van der Waals surface area contributed by atoms with E-state index in [0.29, 0.717) is 23.6 Å². The number of hydrogen-bond acceptors (Lipinski definition) is 4. The zero-order valence-corrected chi connectivity index (χ0v) is 15.2. The van der Waals surface area contributed by atoms with Gasteiger partial charge in [0.25, 0.3) is 5.91 Å². The number of carbonyl (C=O) groups is 2. The molecule has 3 rings (SSSR count). The van der Waals surface area contributed by atoms with Gasteiger partial charge >= 0.3 is 5.97 Å². The molecule has 0 spiro atoms. The highest BCUT2D eigenvalue weighted by atomic mass is 35.5. The summed E-state index contributed by atoms with van der Waals surface area (Å²) < 4.78 is 10.4. The maximum atomic E-state index is 12.7. The number of benzene rings is 2. The monoisotopic (exact) mass is 383 g/mol. The second kappa shape index (κ2) is 9.05. The van der Waals surface area contributed by atoms with Gasteiger partial charge in [-0.15, -0.1) is 0 Å². The van der Waals surface area contributed by atoms with Gasteiger partial charge in [-0.1, -0.05) is 54.1 Å². The first-order chi connectivity index (χ1) is 13.1. The lowest BCUT2D eigenvalue weighted by atomic mass is 10.1. The molecule has 0 bridgehead atoms. The van der Waals surface area contributed by atoms with Crippen molar-refractivity contribution in [3.05, 3.63) is 94.9 Å². The molecular formula is C21H18ClNO4. The van der Waals surface area contributed by atoms with E-state index in [1.807, 2.05) is 30.3 Å². The number of halogens is 1. The summed E-state index contributed by atoms with van der Waals surface area (Å²) in [6.07, 6.45) is 0.940. The van der Waals surface area contributed by atoms with E-state index in [4.69, 9.17) is 20.8 Å². The molecule has 0 fully saturated rings. The Morgan fingerprint density at radius 2 is 1.74 bits per heavy atom. The third kappa shape index (κ3) is 5.21. The number of esters is 1. The molecule has 0 saturated heterocycles. The predicted octanol–water partition coefficient (Wildman–Crippen LogP) is 4.19. The molecule has 138 valence electrons. The van der Waals surface area contributed by atoms with Gasteiger partial charge in [0.15, 0.2) is 0 Å². The lowest BCUT2D eigenvalue weighted by molar-refractivity contribution is -0.130. The van der Waals surface area contributed by atoms with E-state index in [9.17, 15) is 9.59 Å². The van der Waals surface area contributed by atoms with Crippen molar-refractivity contribution >= 4 is 23.5 Å². The first-order valence-electron chi connectivity index (χ1n) is 8.45. The fraction of sp³-hybridized carbons (Fsp3) is 0.143. The highest BCUT2D eigenvalue weighted by Gasteiger charge is 2.26. The van der Waals surface area contributed by atoms with Crippen molar-refractivity contribution in [2.24, 2.45) is 0 Å². The summed E-state index contributed by atoms with van der Waals surface area (Å²) in [6.45, 7) is 0.422. The van der Waals surface area contributed by atoms with Crippen molar-refractivity contribution in [1.29, 1.82) is 0 Å². The molecule has 0 aliphatic rings. The molecule has 1 unspecified atom stereocenters. The second-order valence-electron chi connectivity index (χ2n) is 5.84. The Labute approximate surface area is 161 Å². The molecule has 5 nitrogen and oxygen atoms in total. The Hall–Kier alpha value is -3.05. The fourth-order valence-electron chi connectivity index (χ4n) is 2.54. The van der Waals surface area contributed by atoms with Crippen molar-refractivity contribution in [1.82, 2.24) is 5.32 Å². The minimum absolute atomic E-state index is 0.0334. The van der Waals surface area contributed by atoms with Gasteiger partial charge in [0.1, 0.15) is 0 Å². The molecule has 1 N–H and O–H groups in total. The number of hydrogen-bond donors (Lipinski definition) is 1. The summed E-state index contributed by atoms with van der Waals surface area (Å²) in [7, 11) is 0. The number of nitrogens with one attached hydrogen (secondary N) is 1. The van der Waals surface area contributed by atoms with Crippen LogP contribution in [0.3, 0.4) is 0 Å². The zero-order valence-electron chi connectivity index (χ0n) is 14.4. The Balaban J connectivity index is 1.69. The summed E-state index contributed by atoms with van der Waals surface area (Å²) in [5.41, 5.74) is 1.63. The molecule has 27 heavy (non-hydrogen) atoms. The van der Waals surface area contributed by atoms with Crippen LogP contribution in [-0.2, 0) is 16.0 Å². The smallest absolute Gasteiger partial charge is 0.375 e. The van der Waals surface area contributed by atoms with Crippen LogP contribution in [0, 0.1) is 0 Å². The van der Waals surface area contributed by atoms with Crippen LogP contribution in [0.1, 0.15) is 27.8 Å². The summed E-state index contributed by atoms with van der Waals surface area (Å²) >= 11 is 5.91. The van der Waals surface area contributed by atoms with Gasteiger partial charge < -0.3 is 14.5 Å². The lowest BCUT2D eigenvalue weighted by Gasteiger charge is -2.17. The molecule has 0 aliphatic heterocycles. The van der Waals surface area contributed by atoms with Crippen molar-refractivity contribution in [3.63, 3.8) is 0 Å². The average Bonchev–Trinajstić information content (AvgIpc) is 3.22. The molecule has 0 radical (unpaired) electrons. The molecular weight excluding hydrogens is 366 g/mol. The van der Waals surface area contributed by atoms with E-state index < -0.39 is 18.0 Å². The first kappa shape index (κ1) is 18.7. The molecule has 1 aromatic heterocycles. The molecule has 6 heteroatoms. The Morgan fingerprint density at radius 1 is 1.00 bits per heavy atom. The number of ether oxygens (including phenoxy) is 1. The summed E-state index contributed by atoms with van der Waals surface area (Å²) in [5.74, 6) is -1.09. The SMILES string of the molecule is O=C(OC(C(=O)NCCc1ccccc1)c1ccc(Cl)cc1)c1ccco1. The van der Waals surface area contributed by atoms with E-state index in [2.05, 4.69) is 5.32 Å². The maximum Gasteiger partial charge on any atom is 0.375 e. The van der Waals surface area contributed by atoms with Crippen molar-refractivity contribution in [2.45, 2.75) is 12.5 Å². The minimum atomic E-state index is -1.10. The molecule has 3 aromatic rings. The van der Waals surface area contributed by atoms with Crippen LogP contribution in [0.4, 0.5) is 0 Å². The van der Waals surface area contributed by atoms with Crippen LogP contribution in [0.15, 0.2) is 77.4 Å². The Morgan fingerprint density at radius 3 is 2.41 bits per heavy atom. The minimum Gasteiger partial charge on any atom is -0.457 e. The maximum absolute atomic E-state index is 12.7. The van der Waals surface area contributed by atoms with Gasteiger partial charge in [0.2, 0.25) is 11.9 Å². The summed E-state index contributed by atoms with van der Waals surface area (Å²) in [4.78, 5) is 24.9. The Kier molecular flexibility index (Phi) is 6.28. The number of furan rings is 1. The van der Waals surface area contributed by atoms with Crippen LogP contribution < -0.4 is 5.32 Å². The van der Waals surface area contributed by atoms with E-state index in [1.165, 1.54) is 12.3 Å². The normalized spacial score (nSPS) is 11.6. The van der Waals surface area contributed by atoms with Crippen molar-refractivity contribution < 1.29 is 18.7 Å². The molecule has 1 atom stereocenters. The van der Waals surface area contributed by atoms with E-state index >= 15 is 0 Å². The van der Waals surface area contributed by atoms with Crippen molar-refractivity contribution in [3.8, 4) is 0 Å². The molecule has 0 aliphatic carbocycles. The molecule has 2 aromatic carbocycles. The fourth-order valence-corrected chi connectivity index (χ4v) is 2.66. The zero-order chi connectivity index (χ0) is 19.1. The number of amides is 1. The van der Waals surface area contributed by atoms with E-state index in [-0.39, 0.29) is 5.76 Å². The first-order valence-corrected chi connectivity index (χ1v) is 8.83. The third-order valence-corrected chi connectivity index (χ3v) is 4.17. The van der Waals surface area contributed by atoms with Crippen LogP contribution >= 0.6 is 11.6 Å². The standard InChI is InChI=1S/C21H18ClNO4/c22-17-10-8-16(9-11-17)19(27-21(25)18-7-4-14-26-18)20(24)23-13-12-15-5-2-1-3-6-15/h1-11,14,19H,12-13H2,(H,23,24). The van der Waals surface area contributed by atoms with E-state index in [1.54, 1.807) is 30.3 Å². The third-order valence-electron chi connectivity index (χ3n) is 3.91. The van der Waals surface area contributed by atoms with Gasteiger partial charge in [0.05, 0.1) is 6.26 Å². The van der Waals surface area contributed by atoms with Gasteiger partial charge in [-0.05, 0) is 36.2 Å². The second-order valence-corrected chi connectivity index (χ2v) is 6.28. The van der Waals surface area contributed by atoms with Crippen LogP contribution in [-0.4, -0.2) is 18.4 Å².